The van der Waals surface area contributed by atoms with E-state index >= 15 is 0 Å². The molecular weight excluding hydrogens is 288 g/mol. The Morgan fingerprint density at radius 2 is 2.25 bits per heavy atom. The van der Waals surface area contributed by atoms with Crippen molar-refractivity contribution in [3.63, 3.8) is 0 Å². The number of aromatic nitrogens is 1. The smallest absolute Gasteiger partial charge is 0.155 e. The fraction of sp³-hybridized carbons (Fsp3) is 0.125. The monoisotopic (exact) mass is 293 g/mol. The molecule has 62 valence electrons. The van der Waals surface area contributed by atoms with Crippen LogP contribution in [0.15, 0.2) is 12.1 Å². The minimum atomic E-state index is -0.227. The Morgan fingerprint density at radius 1 is 1.50 bits per heavy atom. The molecule has 12 heavy (non-hydrogen) atoms. The third-order valence-corrected chi connectivity index (χ3v) is 3.55. The zero-order chi connectivity index (χ0) is 8.72. The predicted octanol–water partition coefficient (Wildman–Crippen LogP) is 3.35. The molecule has 0 saturated carbocycles. The number of fused-ring (bicyclic) bond motifs is 1. The summed E-state index contributed by atoms with van der Waals surface area (Å²) in [5, 5.41) is 0. The van der Waals surface area contributed by atoms with Crippen LogP contribution >= 0.6 is 33.9 Å². The van der Waals surface area contributed by atoms with E-state index in [2.05, 4.69) is 27.6 Å². The van der Waals surface area contributed by atoms with Crippen molar-refractivity contribution in [3.05, 3.63) is 26.5 Å². The minimum Gasteiger partial charge on any atom is -0.227 e. The SMILES string of the molecule is Cc1ccc(F)c2nc(I)sc12. The molecule has 0 aliphatic carbocycles. The average molecular weight is 293 g/mol. The lowest BCUT2D eigenvalue weighted by molar-refractivity contribution is 0.637. The normalized spacial score (nSPS) is 10.9. The summed E-state index contributed by atoms with van der Waals surface area (Å²) in [7, 11) is 0. The van der Waals surface area contributed by atoms with Gasteiger partial charge in [-0.2, -0.15) is 0 Å². The van der Waals surface area contributed by atoms with E-state index in [1.807, 2.05) is 6.92 Å². The minimum absolute atomic E-state index is 0.227. The van der Waals surface area contributed by atoms with Crippen LogP contribution in [0.25, 0.3) is 10.2 Å². The summed E-state index contributed by atoms with van der Waals surface area (Å²) in [5.41, 5.74) is 1.59. The van der Waals surface area contributed by atoms with Crippen molar-refractivity contribution in [2.75, 3.05) is 0 Å². The Bertz CT molecular complexity index is 399. The molecule has 0 unspecified atom stereocenters. The number of rotatable bonds is 0. The third kappa shape index (κ3) is 1.22. The highest BCUT2D eigenvalue weighted by Crippen LogP contribution is 2.27. The molecule has 0 aliphatic rings. The Hall–Kier alpha value is -0.230. The van der Waals surface area contributed by atoms with Crippen molar-refractivity contribution in [2.45, 2.75) is 6.92 Å². The number of hydrogen-bond acceptors (Lipinski definition) is 2. The number of hydrogen-bond donors (Lipinski definition) is 0. The molecule has 0 N–H and O–H groups in total. The summed E-state index contributed by atoms with van der Waals surface area (Å²) in [6, 6.07) is 3.25. The average Bonchev–Trinajstić information content (AvgIpc) is 2.41. The number of aryl methyl sites for hydroxylation is 1. The fourth-order valence-electron chi connectivity index (χ4n) is 1.08. The maximum absolute atomic E-state index is 13.1. The molecule has 0 fully saturated rings. The summed E-state index contributed by atoms with van der Waals surface area (Å²) in [6.45, 7) is 1.97. The van der Waals surface area contributed by atoms with Gasteiger partial charge in [0, 0.05) is 0 Å². The quantitative estimate of drug-likeness (QED) is 0.679. The largest absolute Gasteiger partial charge is 0.227 e. The van der Waals surface area contributed by atoms with Crippen LogP contribution in [-0.4, -0.2) is 4.98 Å². The molecular formula is C8H5FINS. The van der Waals surface area contributed by atoms with E-state index in [-0.39, 0.29) is 5.82 Å². The van der Waals surface area contributed by atoms with Crippen LogP contribution in [0.5, 0.6) is 0 Å². The maximum atomic E-state index is 13.1. The van der Waals surface area contributed by atoms with Gasteiger partial charge in [0.15, 0.2) is 3.01 Å². The number of halogens is 2. The summed E-state index contributed by atoms with van der Waals surface area (Å²) in [4.78, 5) is 4.10. The highest BCUT2D eigenvalue weighted by Gasteiger charge is 2.07. The molecule has 2 aromatic rings. The number of benzene rings is 1. The van der Waals surface area contributed by atoms with E-state index in [9.17, 15) is 4.39 Å². The highest BCUT2D eigenvalue weighted by molar-refractivity contribution is 14.1. The first-order valence-corrected chi connectivity index (χ1v) is 5.29. The first-order valence-electron chi connectivity index (χ1n) is 3.39. The summed E-state index contributed by atoms with van der Waals surface area (Å²) >= 11 is 3.64. The van der Waals surface area contributed by atoms with Crippen molar-refractivity contribution in [2.24, 2.45) is 0 Å². The third-order valence-electron chi connectivity index (χ3n) is 1.67. The second-order valence-corrected chi connectivity index (χ2v) is 5.26. The van der Waals surface area contributed by atoms with Gasteiger partial charge in [-0.1, -0.05) is 6.07 Å². The van der Waals surface area contributed by atoms with Crippen molar-refractivity contribution < 1.29 is 4.39 Å². The second-order valence-electron chi connectivity index (χ2n) is 2.51. The first-order chi connectivity index (χ1) is 5.68. The lowest BCUT2D eigenvalue weighted by Gasteiger charge is -1.93. The molecule has 1 nitrogen and oxygen atoms in total. The standard InChI is InChI=1S/C8H5FINS/c1-4-2-3-5(9)6-7(4)12-8(10)11-6/h2-3H,1H3. The van der Waals surface area contributed by atoms with Gasteiger partial charge < -0.3 is 0 Å². The molecule has 0 spiro atoms. The van der Waals surface area contributed by atoms with Crippen LogP contribution in [0.4, 0.5) is 4.39 Å². The van der Waals surface area contributed by atoms with Crippen LogP contribution < -0.4 is 0 Å². The molecule has 1 aromatic heterocycles. The van der Waals surface area contributed by atoms with Gasteiger partial charge in [0.05, 0.1) is 4.70 Å². The van der Waals surface area contributed by atoms with Gasteiger partial charge in [0.25, 0.3) is 0 Å². The summed E-state index contributed by atoms with van der Waals surface area (Å²) in [5.74, 6) is -0.227. The number of thiazole rings is 1. The molecule has 2 rings (SSSR count). The van der Waals surface area contributed by atoms with Gasteiger partial charge >= 0.3 is 0 Å². The van der Waals surface area contributed by atoms with Crippen LogP contribution in [0.2, 0.25) is 0 Å². The molecule has 0 radical (unpaired) electrons. The van der Waals surface area contributed by atoms with Gasteiger partial charge in [-0.05, 0) is 41.1 Å². The second kappa shape index (κ2) is 2.92. The zero-order valence-corrected chi connectivity index (χ0v) is 9.24. The van der Waals surface area contributed by atoms with Gasteiger partial charge in [-0.15, -0.1) is 11.3 Å². The fourth-order valence-corrected chi connectivity index (χ4v) is 2.75. The van der Waals surface area contributed by atoms with Gasteiger partial charge in [0.1, 0.15) is 11.3 Å². The molecule has 0 bridgehead atoms. The Kier molecular flexibility index (Phi) is 2.04. The Labute approximate surface area is 86.8 Å². The molecule has 1 heterocycles. The Balaban J connectivity index is 2.93. The van der Waals surface area contributed by atoms with E-state index in [4.69, 9.17) is 0 Å². The van der Waals surface area contributed by atoms with Gasteiger partial charge in [0.2, 0.25) is 0 Å². The molecule has 0 amide bonds. The van der Waals surface area contributed by atoms with E-state index in [1.54, 1.807) is 6.07 Å². The van der Waals surface area contributed by atoms with Crippen molar-refractivity contribution in [1.29, 1.82) is 0 Å². The van der Waals surface area contributed by atoms with E-state index < -0.39 is 0 Å². The molecule has 0 atom stereocenters. The zero-order valence-electron chi connectivity index (χ0n) is 6.27. The Morgan fingerprint density at radius 3 is 2.92 bits per heavy atom. The van der Waals surface area contributed by atoms with Crippen molar-refractivity contribution >= 4 is 44.1 Å². The van der Waals surface area contributed by atoms with Gasteiger partial charge in [-0.25, -0.2) is 9.37 Å². The molecule has 1 aromatic carbocycles. The lowest BCUT2D eigenvalue weighted by atomic mass is 10.2. The van der Waals surface area contributed by atoms with Gasteiger partial charge in [-0.3, -0.25) is 0 Å². The highest BCUT2D eigenvalue weighted by atomic mass is 127. The topological polar surface area (TPSA) is 12.9 Å². The van der Waals surface area contributed by atoms with Crippen LogP contribution in [0, 0.1) is 15.8 Å². The van der Waals surface area contributed by atoms with Crippen molar-refractivity contribution in [1.82, 2.24) is 4.98 Å². The maximum Gasteiger partial charge on any atom is 0.155 e. The summed E-state index contributed by atoms with van der Waals surface area (Å²) < 4.78 is 15.0. The van der Waals surface area contributed by atoms with Crippen molar-refractivity contribution in [3.8, 4) is 0 Å². The van der Waals surface area contributed by atoms with Crippen LogP contribution in [0.3, 0.4) is 0 Å². The van der Waals surface area contributed by atoms with E-state index in [0.29, 0.717) is 5.52 Å². The first kappa shape index (κ1) is 8.37. The van der Waals surface area contributed by atoms with Crippen LogP contribution in [0.1, 0.15) is 5.56 Å². The number of nitrogens with zero attached hydrogens (tertiary/aromatic N) is 1. The predicted molar refractivity (Wildman–Crippen MR) is 57.0 cm³/mol. The molecule has 0 saturated heterocycles. The lowest BCUT2D eigenvalue weighted by Crippen LogP contribution is -1.79. The van der Waals surface area contributed by atoms with Crippen LogP contribution in [-0.2, 0) is 0 Å². The van der Waals surface area contributed by atoms with E-state index in [1.165, 1.54) is 17.4 Å². The molecule has 4 heteroatoms. The van der Waals surface area contributed by atoms with E-state index in [0.717, 1.165) is 13.3 Å². The summed E-state index contributed by atoms with van der Waals surface area (Å²) in [6.07, 6.45) is 0. The molecule has 0 aliphatic heterocycles.